The standard InChI is InChI=1S/C24H28BrN3O3/c25-20-13-11-19(12-14-20)24(31)28-16-6-8-18(17-28)7-4-5-15-26-22(29)23(30)27-21-9-2-1-3-10-21/h1-3,9-14,18H,4-8,15-17H2,(H,26,29)(H,27,30)/t18-/m1/s1. The minimum Gasteiger partial charge on any atom is -0.348 e. The Bertz CT molecular complexity index is 887. The monoisotopic (exact) mass is 485 g/mol. The van der Waals surface area contributed by atoms with Gasteiger partial charge in [0.2, 0.25) is 0 Å². The second-order valence-electron chi connectivity index (χ2n) is 7.84. The van der Waals surface area contributed by atoms with Gasteiger partial charge in [0.15, 0.2) is 0 Å². The fourth-order valence-electron chi connectivity index (χ4n) is 3.81. The summed E-state index contributed by atoms with van der Waals surface area (Å²) in [5.41, 5.74) is 1.32. The van der Waals surface area contributed by atoms with E-state index in [2.05, 4.69) is 26.6 Å². The zero-order chi connectivity index (χ0) is 22.1. The number of nitrogens with zero attached hydrogens (tertiary/aromatic N) is 1. The predicted octanol–water partition coefficient (Wildman–Crippen LogP) is 4.23. The first kappa shape index (κ1) is 23.0. The molecule has 0 unspecified atom stereocenters. The number of benzene rings is 2. The number of unbranched alkanes of at least 4 members (excludes halogenated alkanes) is 1. The fraction of sp³-hybridized carbons (Fsp3) is 0.375. The van der Waals surface area contributed by atoms with Crippen molar-refractivity contribution in [3.8, 4) is 0 Å². The summed E-state index contributed by atoms with van der Waals surface area (Å²) < 4.78 is 0.963. The Morgan fingerprint density at radius 3 is 2.45 bits per heavy atom. The fourth-order valence-corrected chi connectivity index (χ4v) is 4.07. The number of hydrogen-bond donors (Lipinski definition) is 2. The molecule has 1 aliphatic rings. The number of hydrogen-bond acceptors (Lipinski definition) is 3. The highest BCUT2D eigenvalue weighted by atomic mass is 79.9. The molecule has 0 radical (unpaired) electrons. The van der Waals surface area contributed by atoms with Gasteiger partial charge < -0.3 is 15.5 Å². The Kier molecular flexibility index (Phi) is 8.64. The molecule has 1 heterocycles. The second kappa shape index (κ2) is 11.6. The van der Waals surface area contributed by atoms with Crippen molar-refractivity contribution in [2.75, 3.05) is 25.0 Å². The molecule has 2 aromatic carbocycles. The van der Waals surface area contributed by atoms with Gasteiger partial charge in [0.05, 0.1) is 0 Å². The van der Waals surface area contributed by atoms with Gasteiger partial charge in [0, 0.05) is 35.4 Å². The highest BCUT2D eigenvalue weighted by Crippen LogP contribution is 2.23. The minimum atomic E-state index is -0.652. The number of anilines is 1. The van der Waals surface area contributed by atoms with E-state index in [-0.39, 0.29) is 5.91 Å². The van der Waals surface area contributed by atoms with Crippen LogP contribution in [0, 0.1) is 5.92 Å². The molecule has 1 fully saturated rings. The number of para-hydroxylation sites is 1. The lowest BCUT2D eigenvalue weighted by Crippen LogP contribution is -2.40. The maximum Gasteiger partial charge on any atom is 0.313 e. The molecule has 1 atom stereocenters. The highest BCUT2D eigenvalue weighted by molar-refractivity contribution is 9.10. The largest absolute Gasteiger partial charge is 0.348 e. The van der Waals surface area contributed by atoms with Crippen LogP contribution in [0.1, 0.15) is 42.5 Å². The summed E-state index contributed by atoms with van der Waals surface area (Å²) in [6.07, 6.45) is 4.91. The second-order valence-corrected chi connectivity index (χ2v) is 8.75. The number of halogens is 1. The number of carbonyl (C=O) groups excluding carboxylic acids is 3. The first-order valence-electron chi connectivity index (χ1n) is 10.7. The summed E-state index contributed by atoms with van der Waals surface area (Å²) in [6, 6.07) is 16.4. The van der Waals surface area contributed by atoms with E-state index in [9.17, 15) is 14.4 Å². The molecule has 3 rings (SSSR count). The van der Waals surface area contributed by atoms with Crippen LogP contribution in [0.25, 0.3) is 0 Å². The van der Waals surface area contributed by atoms with E-state index in [1.807, 2.05) is 35.2 Å². The number of likely N-dealkylation sites (tertiary alicyclic amines) is 1. The number of carbonyl (C=O) groups is 3. The van der Waals surface area contributed by atoms with Crippen molar-refractivity contribution < 1.29 is 14.4 Å². The Balaban J connectivity index is 1.34. The molecule has 6 nitrogen and oxygen atoms in total. The lowest BCUT2D eigenvalue weighted by Gasteiger charge is -2.33. The van der Waals surface area contributed by atoms with E-state index in [0.29, 0.717) is 18.2 Å². The van der Waals surface area contributed by atoms with E-state index in [0.717, 1.165) is 55.2 Å². The smallest absolute Gasteiger partial charge is 0.313 e. The van der Waals surface area contributed by atoms with E-state index in [4.69, 9.17) is 0 Å². The van der Waals surface area contributed by atoms with Gasteiger partial charge in [-0.3, -0.25) is 14.4 Å². The van der Waals surface area contributed by atoms with E-state index in [1.54, 1.807) is 24.3 Å². The lowest BCUT2D eigenvalue weighted by molar-refractivity contribution is -0.136. The Morgan fingerprint density at radius 1 is 0.968 bits per heavy atom. The van der Waals surface area contributed by atoms with Gasteiger partial charge in [-0.1, -0.05) is 40.5 Å². The third kappa shape index (κ3) is 7.21. The van der Waals surface area contributed by atoms with E-state index >= 15 is 0 Å². The maximum absolute atomic E-state index is 12.7. The molecular formula is C24H28BrN3O3. The summed E-state index contributed by atoms with van der Waals surface area (Å²) in [7, 11) is 0. The molecule has 7 heteroatoms. The summed E-state index contributed by atoms with van der Waals surface area (Å²) >= 11 is 3.40. The van der Waals surface area contributed by atoms with Gasteiger partial charge in [-0.2, -0.15) is 0 Å². The van der Waals surface area contributed by atoms with Crippen LogP contribution < -0.4 is 10.6 Å². The topological polar surface area (TPSA) is 78.5 Å². The first-order valence-corrected chi connectivity index (χ1v) is 11.5. The van der Waals surface area contributed by atoms with Crippen molar-refractivity contribution in [3.63, 3.8) is 0 Å². The number of piperidine rings is 1. The number of nitrogens with one attached hydrogen (secondary N) is 2. The maximum atomic E-state index is 12.7. The van der Waals surface area contributed by atoms with Crippen molar-refractivity contribution in [1.82, 2.24) is 10.2 Å². The molecule has 0 aromatic heterocycles. The van der Waals surface area contributed by atoms with Gasteiger partial charge in [-0.25, -0.2) is 0 Å². The quantitative estimate of drug-likeness (QED) is 0.454. The number of rotatable bonds is 7. The molecule has 164 valence electrons. The third-order valence-corrected chi connectivity index (χ3v) is 5.99. The van der Waals surface area contributed by atoms with Crippen LogP contribution in [0.2, 0.25) is 0 Å². The summed E-state index contributed by atoms with van der Waals surface area (Å²) in [5.74, 6) is -0.701. The molecule has 2 N–H and O–H groups in total. The molecule has 0 saturated carbocycles. The zero-order valence-electron chi connectivity index (χ0n) is 17.5. The first-order chi connectivity index (χ1) is 15.0. The van der Waals surface area contributed by atoms with Gasteiger partial charge in [-0.05, 0) is 68.0 Å². The third-order valence-electron chi connectivity index (χ3n) is 5.46. The molecule has 0 bridgehead atoms. The Morgan fingerprint density at radius 2 is 1.71 bits per heavy atom. The Hall–Kier alpha value is -2.67. The van der Waals surface area contributed by atoms with Gasteiger partial charge >= 0.3 is 11.8 Å². The zero-order valence-corrected chi connectivity index (χ0v) is 19.1. The van der Waals surface area contributed by atoms with E-state index < -0.39 is 11.8 Å². The van der Waals surface area contributed by atoms with Crippen LogP contribution in [0.4, 0.5) is 5.69 Å². The summed E-state index contributed by atoms with van der Waals surface area (Å²) in [6.45, 7) is 2.05. The van der Waals surface area contributed by atoms with Crippen molar-refractivity contribution in [1.29, 1.82) is 0 Å². The van der Waals surface area contributed by atoms with Crippen molar-refractivity contribution in [2.45, 2.75) is 32.1 Å². The molecule has 0 aliphatic carbocycles. The molecular weight excluding hydrogens is 458 g/mol. The summed E-state index contributed by atoms with van der Waals surface area (Å²) in [5, 5.41) is 5.25. The molecule has 1 saturated heterocycles. The average molecular weight is 486 g/mol. The van der Waals surface area contributed by atoms with Gasteiger partial charge in [-0.15, -0.1) is 0 Å². The van der Waals surface area contributed by atoms with Gasteiger partial charge in [0.1, 0.15) is 0 Å². The van der Waals surface area contributed by atoms with Crippen LogP contribution >= 0.6 is 15.9 Å². The van der Waals surface area contributed by atoms with Crippen molar-refractivity contribution >= 4 is 39.3 Å². The normalized spacial score (nSPS) is 15.9. The van der Waals surface area contributed by atoms with Crippen molar-refractivity contribution in [2.24, 2.45) is 5.92 Å². The van der Waals surface area contributed by atoms with Gasteiger partial charge in [0.25, 0.3) is 5.91 Å². The lowest BCUT2D eigenvalue weighted by atomic mass is 9.92. The molecule has 2 aromatic rings. The molecule has 1 aliphatic heterocycles. The molecule has 3 amide bonds. The SMILES string of the molecule is O=C(NCCCC[C@@H]1CCCN(C(=O)c2ccc(Br)cc2)C1)C(=O)Nc1ccccc1. The average Bonchev–Trinajstić information content (AvgIpc) is 2.79. The van der Waals surface area contributed by atoms with Crippen LogP contribution in [-0.4, -0.2) is 42.3 Å². The highest BCUT2D eigenvalue weighted by Gasteiger charge is 2.24. The van der Waals surface area contributed by atoms with Crippen LogP contribution in [0.3, 0.4) is 0 Å². The van der Waals surface area contributed by atoms with Crippen LogP contribution in [0.15, 0.2) is 59.1 Å². The minimum absolute atomic E-state index is 0.0916. The van der Waals surface area contributed by atoms with Crippen LogP contribution in [0.5, 0.6) is 0 Å². The van der Waals surface area contributed by atoms with Crippen LogP contribution in [-0.2, 0) is 9.59 Å². The number of amides is 3. The predicted molar refractivity (Wildman–Crippen MR) is 125 cm³/mol. The van der Waals surface area contributed by atoms with E-state index in [1.165, 1.54) is 0 Å². The Labute approximate surface area is 191 Å². The summed E-state index contributed by atoms with van der Waals surface area (Å²) in [4.78, 5) is 38.5. The van der Waals surface area contributed by atoms with Crippen molar-refractivity contribution in [3.05, 3.63) is 64.6 Å². The molecule has 31 heavy (non-hydrogen) atoms. The molecule has 0 spiro atoms.